The van der Waals surface area contributed by atoms with Crippen molar-refractivity contribution >= 4 is 22.4 Å². The van der Waals surface area contributed by atoms with Crippen molar-refractivity contribution in [1.82, 2.24) is 10.1 Å². The molecular formula is C11H9N3O3S. The molecule has 2 rings (SSSR count). The van der Waals surface area contributed by atoms with E-state index in [4.69, 9.17) is 9.63 Å². The van der Waals surface area contributed by atoms with Crippen LogP contribution in [0, 0.1) is 11.8 Å². The van der Waals surface area contributed by atoms with E-state index in [9.17, 15) is 4.79 Å². The maximum absolute atomic E-state index is 11.6. The molecule has 2 N–H and O–H groups in total. The van der Waals surface area contributed by atoms with Crippen molar-refractivity contribution in [2.45, 2.75) is 6.42 Å². The first-order valence-electron chi connectivity index (χ1n) is 5.07. The molecule has 92 valence electrons. The highest BCUT2D eigenvalue weighted by Gasteiger charge is 2.11. The minimum absolute atomic E-state index is 0.0287. The minimum atomic E-state index is -0.406. The standard InChI is InChI=1S/C11H9N3O3S/c15-6-2-1-3-8-7-12-11(18-8)14-10(16)9-4-5-13-17-9/h4-5,7,15H,2,6H2,(H,12,14,16). The summed E-state index contributed by atoms with van der Waals surface area (Å²) < 4.78 is 4.71. The van der Waals surface area contributed by atoms with Crippen molar-refractivity contribution < 1.29 is 14.4 Å². The van der Waals surface area contributed by atoms with E-state index >= 15 is 0 Å². The molecule has 0 aliphatic carbocycles. The van der Waals surface area contributed by atoms with Crippen LogP contribution in [0.5, 0.6) is 0 Å². The predicted octanol–water partition coefficient (Wildman–Crippen LogP) is 1.12. The molecule has 0 bridgehead atoms. The number of aliphatic hydroxyl groups excluding tert-OH is 1. The summed E-state index contributed by atoms with van der Waals surface area (Å²) in [5.74, 6) is 5.33. The van der Waals surface area contributed by atoms with E-state index in [0.717, 1.165) is 4.88 Å². The summed E-state index contributed by atoms with van der Waals surface area (Å²) in [6.45, 7) is 0.0287. The number of nitrogens with zero attached hydrogens (tertiary/aromatic N) is 2. The summed E-state index contributed by atoms with van der Waals surface area (Å²) in [5, 5.41) is 15.0. The molecule has 0 fully saturated rings. The Balaban J connectivity index is 1.99. The van der Waals surface area contributed by atoms with Crippen molar-refractivity contribution in [2.24, 2.45) is 0 Å². The fraction of sp³-hybridized carbons (Fsp3) is 0.182. The number of nitrogens with one attached hydrogen (secondary N) is 1. The predicted molar refractivity (Wildman–Crippen MR) is 65.2 cm³/mol. The molecule has 0 aliphatic heterocycles. The number of aliphatic hydroxyl groups is 1. The van der Waals surface area contributed by atoms with Gasteiger partial charge in [0.1, 0.15) is 0 Å². The number of hydrogen-bond donors (Lipinski definition) is 2. The molecule has 0 aromatic carbocycles. The highest BCUT2D eigenvalue weighted by Crippen LogP contribution is 2.17. The summed E-state index contributed by atoms with van der Waals surface area (Å²) in [5.41, 5.74) is 0. The monoisotopic (exact) mass is 263 g/mol. The average molecular weight is 263 g/mol. The number of carbonyl (C=O) groups is 1. The first kappa shape index (κ1) is 12.3. The lowest BCUT2D eigenvalue weighted by atomic mass is 10.4. The Hall–Kier alpha value is -2.17. The van der Waals surface area contributed by atoms with Crippen LogP contribution < -0.4 is 5.32 Å². The van der Waals surface area contributed by atoms with Gasteiger partial charge in [-0.15, -0.1) is 0 Å². The molecule has 0 aliphatic rings. The van der Waals surface area contributed by atoms with Crippen LogP contribution in [0.3, 0.4) is 0 Å². The van der Waals surface area contributed by atoms with E-state index in [0.29, 0.717) is 11.6 Å². The molecule has 0 spiro atoms. The minimum Gasteiger partial charge on any atom is -0.395 e. The van der Waals surface area contributed by atoms with Crippen molar-refractivity contribution in [2.75, 3.05) is 11.9 Å². The Morgan fingerprint density at radius 3 is 3.22 bits per heavy atom. The number of rotatable bonds is 3. The molecule has 2 aromatic rings. The number of anilines is 1. The third-order valence-corrected chi connectivity index (χ3v) is 2.66. The number of aromatic nitrogens is 2. The molecule has 7 heteroatoms. The first-order chi connectivity index (χ1) is 8.79. The summed E-state index contributed by atoms with van der Waals surface area (Å²) in [6, 6.07) is 1.46. The third kappa shape index (κ3) is 3.16. The van der Waals surface area contributed by atoms with Gasteiger partial charge >= 0.3 is 0 Å². The summed E-state index contributed by atoms with van der Waals surface area (Å²) in [4.78, 5) is 16.3. The van der Waals surface area contributed by atoms with E-state index in [1.54, 1.807) is 6.20 Å². The number of thiazole rings is 1. The average Bonchev–Trinajstić information content (AvgIpc) is 3.00. The summed E-state index contributed by atoms with van der Waals surface area (Å²) in [7, 11) is 0. The summed E-state index contributed by atoms with van der Waals surface area (Å²) in [6.07, 6.45) is 3.37. The van der Waals surface area contributed by atoms with E-state index in [2.05, 4.69) is 27.3 Å². The third-order valence-electron chi connectivity index (χ3n) is 1.84. The van der Waals surface area contributed by atoms with Crippen molar-refractivity contribution in [1.29, 1.82) is 0 Å². The van der Waals surface area contributed by atoms with Gasteiger partial charge in [0.2, 0.25) is 5.76 Å². The zero-order valence-corrected chi connectivity index (χ0v) is 10.0. The lowest BCUT2D eigenvalue weighted by Gasteiger charge is -1.95. The molecular weight excluding hydrogens is 254 g/mol. The fourth-order valence-electron chi connectivity index (χ4n) is 1.09. The Kier molecular flexibility index (Phi) is 4.06. The number of amides is 1. The van der Waals surface area contributed by atoms with E-state index in [-0.39, 0.29) is 12.4 Å². The maximum Gasteiger partial charge on any atom is 0.296 e. The van der Waals surface area contributed by atoms with Gasteiger partial charge in [0.05, 0.1) is 23.9 Å². The van der Waals surface area contributed by atoms with Crippen LogP contribution in [0.2, 0.25) is 0 Å². The van der Waals surface area contributed by atoms with Crippen LogP contribution in [-0.4, -0.2) is 27.8 Å². The van der Waals surface area contributed by atoms with Gasteiger partial charge in [0.25, 0.3) is 5.91 Å². The van der Waals surface area contributed by atoms with Gasteiger partial charge in [-0.1, -0.05) is 28.3 Å². The van der Waals surface area contributed by atoms with Gasteiger partial charge in [-0.2, -0.15) is 0 Å². The first-order valence-corrected chi connectivity index (χ1v) is 5.89. The number of hydrogen-bond acceptors (Lipinski definition) is 6. The van der Waals surface area contributed by atoms with Gasteiger partial charge in [-0.3, -0.25) is 10.1 Å². The quantitative estimate of drug-likeness (QED) is 0.810. The van der Waals surface area contributed by atoms with Gasteiger partial charge in [-0.25, -0.2) is 4.98 Å². The molecule has 6 nitrogen and oxygen atoms in total. The summed E-state index contributed by atoms with van der Waals surface area (Å²) >= 11 is 1.25. The topological polar surface area (TPSA) is 88.2 Å². The Bertz CT molecular complexity index is 580. The van der Waals surface area contributed by atoms with Crippen LogP contribution in [0.25, 0.3) is 0 Å². The maximum atomic E-state index is 11.6. The number of carbonyl (C=O) groups excluding carboxylic acids is 1. The molecule has 2 heterocycles. The molecule has 0 unspecified atom stereocenters. The van der Waals surface area contributed by atoms with Crippen LogP contribution in [0.1, 0.15) is 21.9 Å². The molecule has 18 heavy (non-hydrogen) atoms. The van der Waals surface area contributed by atoms with Gasteiger partial charge in [-0.05, 0) is 0 Å². The second-order valence-corrected chi connectivity index (χ2v) is 4.17. The van der Waals surface area contributed by atoms with E-state index in [1.165, 1.54) is 23.6 Å². The molecule has 0 saturated carbocycles. The highest BCUT2D eigenvalue weighted by atomic mass is 32.1. The van der Waals surface area contributed by atoms with Crippen LogP contribution in [0.4, 0.5) is 5.13 Å². The fourth-order valence-corrected chi connectivity index (χ4v) is 1.77. The van der Waals surface area contributed by atoms with Crippen molar-refractivity contribution in [3.05, 3.63) is 29.1 Å². The Morgan fingerprint density at radius 1 is 1.61 bits per heavy atom. The van der Waals surface area contributed by atoms with E-state index < -0.39 is 5.91 Å². The largest absolute Gasteiger partial charge is 0.395 e. The Labute approximate surface area is 107 Å². The Morgan fingerprint density at radius 2 is 2.50 bits per heavy atom. The zero-order chi connectivity index (χ0) is 12.8. The second-order valence-electron chi connectivity index (χ2n) is 3.14. The van der Waals surface area contributed by atoms with Crippen LogP contribution in [0.15, 0.2) is 23.0 Å². The molecule has 0 saturated heterocycles. The molecule has 0 radical (unpaired) electrons. The molecule has 2 aromatic heterocycles. The smallest absolute Gasteiger partial charge is 0.296 e. The molecule has 0 atom stereocenters. The highest BCUT2D eigenvalue weighted by molar-refractivity contribution is 7.16. The SMILES string of the molecule is O=C(Nc1ncc(C#CCCO)s1)c1ccno1. The lowest BCUT2D eigenvalue weighted by Crippen LogP contribution is -2.10. The van der Waals surface area contributed by atoms with Crippen LogP contribution >= 0.6 is 11.3 Å². The van der Waals surface area contributed by atoms with E-state index in [1.807, 2.05) is 0 Å². The lowest BCUT2D eigenvalue weighted by molar-refractivity contribution is 0.0988. The van der Waals surface area contributed by atoms with Crippen molar-refractivity contribution in [3.8, 4) is 11.8 Å². The zero-order valence-electron chi connectivity index (χ0n) is 9.21. The van der Waals surface area contributed by atoms with Crippen molar-refractivity contribution in [3.63, 3.8) is 0 Å². The molecule has 1 amide bonds. The second kappa shape index (κ2) is 5.95. The van der Waals surface area contributed by atoms with Gasteiger partial charge in [0.15, 0.2) is 5.13 Å². The van der Waals surface area contributed by atoms with Crippen LogP contribution in [-0.2, 0) is 0 Å². The normalized spacial score (nSPS) is 9.61. The van der Waals surface area contributed by atoms with Gasteiger partial charge in [0, 0.05) is 12.5 Å². The van der Waals surface area contributed by atoms with Gasteiger partial charge < -0.3 is 9.63 Å².